The molecule has 0 spiro atoms. The number of primary amides is 1. The standard InChI is InChI=1S/C17H18N6O6/c18-13(27)7-1-3-8(4-2-7)20-17-21-14-10(15(28)22-17)19-6-23(14)16-12(26)11(25)9(5-24)29-16/h1-4,6,9,11-12,16,24-26H,5H2,(H2,18,27)(H2,20,21,22,28)/t9-,11?,12?,16-/m1/s1. The van der Waals surface area contributed by atoms with E-state index >= 15 is 0 Å². The number of aromatic nitrogens is 4. The Kier molecular flexibility index (Phi) is 4.76. The minimum Gasteiger partial charge on any atom is -0.394 e. The third-order valence-electron chi connectivity index (χ3n) is 4.66. The van der Waals surface area contributed by atoms with Crippen LogP contribution in [0.15, 0.2) is 35.4 Å². The van der Waals surface area contributed by atoms with Crippen molar-refractivity contribution < 1.29 is 24.9 Å². The number of anilines is 2. The van der Waals surface area contributed by atoms with Crippen molar-refractivity contribution in [1.82, 2.24) is 19.5 Å². The lowest BCUT2D eigenvalue weighted by Crippen LogP contribution is -2.33. The van der Waals surface area contributed by atoms with Crippen LogP contribution in [0, 0.1) is 0 Å². The number of ether oxygens (including phenoxy) is 1. The Labute approximate surface area is 162 Å². The number of hydrogen-bond donors (Lipinski definition) is 6. The molecule has 0 aliphatic carbocycles. The third kappa shape index (κ3) is 3.34. The maximum atomic E-state index is 12.4. The van der Waals surface area contributed by atoms with Gasteiger partial charge in [-0.15, -0.1) is 0 Å². The molecule has 1 saturated heterocycles. The highest BCUT2D eigenvalue weighted by molar-refractivity contribution is 5.93. The van der Waals surface area contributed by atoms with Gasteiger partial charge in [-0.2, -0.15) is 4.98 Å². The number of nitrogens with two attached hydrogens (primary N) is 1. The molecule has 12 nitrogen and oxygen atoms in total. The lowest BCUT2D eigenvalue weighted by atomic mass is 10.1. The van der Waals surface area contributed by atoms with E-state index < -0.39 is 42.6 Å². The van der Waals surface area contributed by atoms with E-state index in [2.05, 4.69) is 20.3 Å². The van der Waals surface area contributed by atoms with Crippen molar-refractivity contribution in [2.75, 3.05) is 11.9 Å². The van der Waals surface area contributed by atoms with E-state index in [9.17, 15) is 24.9 Å². The smallest absolute Gasteiger partial charge is 0.280 e. The van der Waals surface area contributed by atoms with Gasteiger partial charge in [-0.3, -0.25) is 19.1 Å². The first kappa shape index (κ1) is 19.0. The van der Waals surface area contributed by atoms with Gasteiger partial charge < -0.3 is 31.1 Å². The summed E-state index contributed by atoms with van der Waals surface area (Å²) in [6.07, 6.45) is -3.44. The molecule has 3 aromatic rings. The Morgan fingerprint density at radius 2 is 2.00 bits per heavy atom. The Morgan fingerprint density at radius 1 is 1.28 bits per heavy atom. The van der Waals surface area contributed by atoms with E-state index in [-0.39, 0.29) is 17.1 Å². The predicted molar refractivity (Wildman–Crippen MR) is 99.4 cm³/mol. The zero-order chi connectivity index (χ0) is 20.7. The van der Waals surface area contributed by atoms with Gasteiger partial charge in [0, 0.05) is 11.3 Å². The summed E-state index contributed by atoms with van der Waals surface area (Å²) in [6.45, 7) is -0.483. The number of H-pyrrole nitrogens is 1. The number of rotatable bonds is 5. The molecule has 3 heterocycles. The van der Waals surface area contributed by atoms with Gasteiger partial charge in [0.1, 0.15) is 18.3 Å². The number of amides is 1. The molecule has 2 unspecified atom stereocenters. The van der Waals surface area contributed by atoms with Crippen LogP contribution in [0.25, 0.3) is 11.2 Å². The molecule has 1 aromatic carbocycles. The number of nitrogens with one attached hydrogen (secondary N) is 2. The van der Waals surface area contributed by atoms with Gasteiger partial charge in [-0.05, 0) is 24.3 Å². The molecule has 7 N–H and O–H groups in total. The van der Waals surface area contributed by atoms with Crippen molar-refractivity contribution in [3.8, 4) is 0 Å². The van der Waals surface area contributed by atoms with Gasteiger partial charge in [-0.25, -0.2) is 4.98 Å². The summed E-state index contributed by atoms with van der Waals surface area (Å²) < 4.78 is 6.79. The van der Waals surface area contributed by atoms with Crippen molar-refractivity contribution in [2.45, 2.75) is 24.5 Å². The number of hydrogen-bond acceptors (Lipinski definition) is 9. The number of aliphatic hydroxyl groups excluding tert-OH is 3. The fourth-order valence-electron chi connectivity index (χ4n) is 3.14. The van der Waals surface area contributed by atoms with Crippen LogP contribution in [0.1, 0.15) is 16.6 Å². The second-order valence-electron chi connectivity index (χ2n) is 6.53. The molecule has 0 bridgehead atoms. The average molecular weight is 402 g/mol. The summed E-state index contributed by atoms with van der Waals surface area (Å²) in [5.41, 5.74) is 5.67. The quantitative estimate of drug-likeness (QED) is 0.297. The topological polar surface area (TPSA) is 189 Å². The van der Waals surface area contributed by atoms with Crippen LogP contribution >= 0.6 is 0 Å². The number of nitrogens with zero attached hydrogens (tertiary/aromatic N) is 3. The molecular weight excluding hydrogens is 384 g/mol. The first-order valence-electron chi connectivity index (χ1n) is 8.65. The summed E-state index contributed by atoms with van der Waals surface area (Å²) in [5, 5.41) is 32.4. The molecule has 1 aliphatic heterocycles. The van der Waals surface area contributed by atoms with Crippen LogP contribution in [0.3, 0.4) is 0 Å². The molecule has 4 atom stereocenters. The number of benzene rings is 1. The summed E-state index contributed by atoms with van der Waals surface area (Å²) >= 11 is 0. The van der Waals surface area contributed by atoms with E-state index in [1.165, 1.54) is 23.0 Å². The van der Waals surface area contributed by atoms with Crippen molar-refractivity contribution in [2.24, 2.45) is 5.73 Å². The molecule has 0 saturated carbocycles. The number of aliphatic hydroxyl groups is 3. The SMILES string of the molecule is NC(=O)c1ccc(Nc2nc3c(ncn3[C@@H]3O[C@H](CO)C(O)C3O)c(=O)[nH]2)cc1. The number of fused-ring (bicyclic) bond motifs is 1. The molecule has 1 aliphatic rings. The number of imidazole rings is 1. The number of carbonyl (C=O) groups excluding carboxylic acids is 1. The lowest BCUT2D eigenvalue weighted by molar-refractivity contribution is -0.0511. The van der Waals surface area contributed by atoms with E-state index in [1.807, 2.05) is 0 Å². The van der Waals surface area contributed by atoms with Gasteiger partial charge >= 0.3 is 0 Å². The van der Waals surface area contributed by atoms with Crippen LogP contribution in [-0.2, 0) is 4.74 Å². The van der Waals surface area contributed by atoms with E-state index in [0.717, 1.165) is 0 Å². The molecule has 0 radical (unpaired) electrons. The van der Waals surface area contributed by atoms with E-state index in [4.69, 9.17) is 10.5 Å². The van der Waals surface area contributed by atoms with Crippen LogP contribution in [0.2, 0.25) is 0 Å². The van der Waals surface area contributed by atoms with Crippen LogP contribution < -0.4 is 16.6 Å². The van der Waals surface area contributed by atoms with Crippen molar-refractivity contribution >= 4 is 28.7 Å². The van der Waals surface area contributed by atoms with Gasteiger partial charge in [-0.1, -0.05) is 0 Å². The van der Waals surface area contributed by atoms with Crippen molar-refractivity contribution in [3.05, 3.63) is 46.5 Å². The van der Waals surface area contributed by atoms with Gasteiger partial charge in [0.05, 0.1) is 12.9 Å². The number of aromatic amines is 1. The highest BCUT2D eigenvalue weighted by Gasteiger charge is 2.44. The summed E-state index contributed by atoms with van der Waals surface area (Å²) in [5.74, 6) is -0.477. The number of carbonyl (C=O) groups is 1. The minimum atomic E-state index is -1.34. The zero-order valence-electron chi connectivity index (χ0n) is 14.9. The fourth-order valence-corrected chi connectivity index (χ4v) is 3.14. The molecule has 152 valence electrons. The Hall–Kier alpha value is -3.32. The molecule has 2 aromatic heterocycles. The largest absolute Gasteiger partial charge is 0.394 e. The first-order valence-corrected chi connectivity index (χ1v) is 8.65. The Balaban J connectivity index is 1.68. The van der Waals surface area contributed by atoms with Gasteiger partial charge in [0.2, 0.25) is 11.9 Å². The van der Waals surface area contributed by atoms with Crippen molar-refractivity contribution in [1.29, 1.82) is 0 Å². The Morgan fingerprint density at radius 3 is 2.62 bits per heavy atom. The molecule has 29 heavy (non-hydrogen) atoms. The molecule has 12 heteroatoms. The fraction of sp³-hybridized carbons (Fsp3) is 0.294. The summed E-state index contributed by atoms with van der Waals surface area (Å²) in [4.78, 5) is 34.4. The van der Waals surface area contributed by atoms with E-state index in [0.29, 0.717) is 11.3 Å². The Bertz CT molecular complexity index is 1110. The highest BCUT2D eigenvalue weighted by Crippen LogP contribution is 2.31. The van der Waals surface area contributed by atoms with Crippen LogP contribution in [-0.4, -0.2) is 65.7 Å². The molecule has 4 rings (SSSR count). The minimum absolute atomic E-state index is 0.0114. The maximum absolute atomic E-state index is 12.4. The van der Waals surface area contributed by atoms with Gasteiger partial charge in [0.15, 0.2) is 17.4 Å². The highest BCUT2D eigenvalue weighted by atomic mass is 16.6. The average Bonchev–Trinajstić information content (AvgIpc) is 3.24. The predicted octanol–water partition coefficient (Wildman–Crippen LogP) is -1.43. The zero-order valence-corrected chi connectivity index (χ0v) is 14.9. The monoisotopic (exact) mass is 402 g/mol. The molecule has 1 amide bonds. The molecule has 1 fully saturated rings. The summed E-state index contributed by atoms with van der Waals surface area (Å²) in [7, 11) is 0. The second-order valence-corrected chi connectivity index (χ2v) is 6.53. The first-order chi connectivity index (χ1) is 13.9. The third-order valence-corrected chi connectivity index (χ3v) is 4.66. The maximum Gasteiger partial charge on any atom is 0.280 e. The van der Waals surface area contributed by atoms with Crippen LogP contribution in [0.5, 0.6) is 0 Å². The van der Waals surface area contributed by atoms with Crippen molar-refractivity contribution in [3.63, 3.8) is 0 Å². The van der Waals surface area contributed by atoms with Crippen LogP contribution in [0.4, 0.5) is 11.6 Å². The summed E-state index contributed by atoms with van der Waals surface area (Å²) in [6, 6.07) is 6.22. The van der Waals surface area contributed by atoms with Gasteiger partial charge in [0.25, 0.3) is 5.56 Å². The molecular formula is C17H18N6O6. The normalized spacial score (nSPS) is 24.1. The second kappa shape index (κ2) is 7.25. The van der Waals surface area contributed by atoms with E-state index in [1.54, 1.807) is 12.1 Å². The lowest BCUT2D eigenvalue weighted by Gasteiger charge is -2.16.